The Balaban J connectivity index is 2.29. The Morgan fingerprint density at radius 2 is 1.90 bits per heavy atom. The van der Waals surface area contributed by atoms with Crippen molar-refractivity contribution in [2.75, 3.05) is 5.32 Å². The molecule has 1 heterocycles. The second-order valence-electron chi connectivity index (χ2n) is 4.27. The molecule has 0 bridgehead atoms. The van der Waals surface area contributed by atoms with Crippen LogP contribution in [0, 0.1) is 0 Å². The van der Waals surface area contributed by atoms with E-state index in [9.17, 15) is 13.2 Å². The van der Waals surface area contributed by atoms with Crippen molar-refractivity contribution in [3.05, 3.63) is 53.9 Å². The second-order valence-corrected chi connectivity index (χ2v) is 5.83. The molecule has 1 aromatic heterocycles. The number of carboxylic acid groups (broad SMARTS) is 1. The Labute approximate surface area is 121 Å². The van der Waals surface area contributed by atoms with Crippen molar-refractivity contribution in [3.63, 3.8) is 0 Å². The maximum absolute atomic E-state index is 11.3. The van der Waals surface area contributed by atoms with Gasteiger partial charge in [0.1, 0.15) is 0 Å². The number of carbonyl (C=O) groups is 1. The monoisotopic (exact) mass is 307 g/mol. The van der Waals surface area contributed by atoms with Gasteiger partial charge in [-0.3, -0.25) is 4.98 Å². The van der Waals surface area contributed by atoms with Crippen molar-refractivity contribution in [3.8, 4) is 0 Å². The summed E-state index contributed by atoms with van der Waals surface area (Å²) in [5.41, 5.74) is 1.07. The van der Waals surface area contributed by atoms with E-state index in [1.165, 1.54) is 12.1 Å². The largest absolute Gasteiger partial charge is 0.478 e. The first-order valence-electron chi connectivity index (χ1n) is 5.91. The average Bonchev–Trinajstić information content (AvgIpc) is 2.45. The highest BCUT2D eigenvalue weighted by Gasteiger charge is 2.15. The molecule has 0 amide bonds. The van der Waals surface area contributed by atoms with Gasteiger partial charge in [0.25, 0.3) is 0 Å². The maximum Gasteiger partial charge on any atom is 0.337 e. The van der Waals surface area contributed by atoms with Crippen molar-refractivity contribution < 1.29 is 18.3 Å². The predicted octanol–water partition coefficient (Wildman–Crippen LogP) is 1.04. The molecule has 0 saturated carbocycles. The van der Waals surface area contributed by atoms with Gasteiger partial charge in [-0.1, -0.05) is 0 Å². The van der Waals surface area contributed by atoms with Gasteiger partial charge in [-0.25, -0.2) is 18.4 Å². The number of nitrogens with one attached hydrogen (secondary N) is 1. The minimum Gasteiger partial charge on any atom is -0.478 e. The second kappa shape index (κ2) is 5.90. The van der Waals surface area contributed by atoms with Crippen LogP contribution in [0.3, 0.4) is 0 Å². The highest BCUT2D eigenvalue weighted by atomic mass is 32.2. The van der Waals surface area contributed by atoms with Crippen LogP contribution < -0.4 is 10.5 Å². The van der Waals surface area contributed by atoms with E-state index < -0.39 is 16.0 Å². The van der Waals surface area contributed by atoms with E-state index in [0.29, 0.717) is 12.2 Å². The number of hydrogen-bond acceptors (Lipinski definition) is 5. The van der Waals surface area contributed by atoms with Crippen LogP contribution in [0.1, 0.15) is 15.9 Å². The molecular weight excluding hydrogens is 294 g/mol. The molecule has 0 atom stereocenters. The average molecular weight is 307 g/mol. The molecule has 7 nitrogen and oxygen atoms in total. The molecule has 8 heteroatoms. The fraction of sp³-hybridized carbons (Fsp3) is 0.0769. The van der Waals surface area contributed by atoms with Gasteiger partial charge in [-0.15, -0.1) is 0 Å². The van der Waals surface area contributed by atoms with Crippen LogP contribution in [0.2, 0.25) is 0 Å². The van der Waals surface area contributed by atoms with Crippen molar-refractivity contribution in [1.29, 1.82) is 0 Å². The van der Waals surface area contributed by atoms with E-state index in [1.807, 2.05) is 0 Å². The number of primary sulfonamides is 1. The lowest BCUT2D eigenvalue weighted by molar-refractivity contribution is 0.0697. The number of aromatic nitrogens is 1. The Morgan fingerprint density at radius 1 is 1.24 bits per heavy atom. The van der Waals surface area contributed by atoms with Crippen LogP contribution in [-0.4, -0.2) is 24.5 Å². The summed E-state index contributed by atoms with van der Waals surface area (Å²) >= 11 is 0. The zero-order valence-corrected chi connectivity index (χ0v) is 11.7. The zero-order chi connectivity index (χ0) is 15.5. The third kappa shape index (κ3) is 3.77. The highest BCUT2D eigenvalue weighted by molar-refractivity contribution is 7.89. The summed E-state index contributed by atoms with van der Waals surface area (Å²) in [6, 6.07) is 7.24. The Hall–Kier alpha value is -2.45. The summed E-state index contributed by atoms with van der Waals surface area (Å²) in [7, 11) is -3.94. The summed E-state index contributed by atoms with van der Waals surface area (Å²) in [5.74, 6) is -1.24. The molecule has 0 aliphatic heterocycles. The van der Waals surface area contributed by atoms with Crippen molar-refractivity contribution >= 4 is 21.7 Å². The van der Waals surface area contributed by atoms with Crippen LogP contribution in [0.15, 0.2) is 47.6 Å². The van der Waals surface area contributed by atoms with Gasteiger partial charge in [-0.2, -0.15) is 0 Å². The van der Waals surface area contributed by atoms with Gasteiger partial charge in [0.2, 0.25) is 10.0 Å². The first kappa shape index (κ1) is 14.9. The SMILES string of the molecule is NS(=O)(=O)c1ccc(NCc2ccncc2)c(C(=O)O)c1. The molecule has 0 unspecified atom stereocenters. The normalized spacial score (nSPS) is 11.1. The van der Waals surface area contributed by atoms with Gasteiger partial charge in [0, 0.05) is 24.6 Å². The lowest BCUT2D eigenvalue weighted by Crippen LogP contribution is -2.14. The van der Waals surface area contributed by atoms with E-state index in [4.69, 9.17) is 10.2 Å². The Morgan fingerprint density at radius 3 is 2.48 bits per heavy atom. The van der Waals surface area contributed by atoms with E-state index in [-0.39, 0.29) is 10.5 Å². The number of aromatic carboxylic acids is 1. The molecular formula is C13H13N3O4S. The van der Waals surface area contributed by atoms with Crippen LogP contribution >= 0.6 is 0 Å². The van der Waals surface area contributed by atoms with E-state index in [1.54, 1.807) is 24.5 Å². The number of sulfonamides is 1. The van der Waals surface area contributed by atoms with E-state index >= 15 is 0 Å². The first-order chi connectivity index (χ1) is 9.88. The molecule has 4 N–H and O–H groups in total. The molecule has 21 heavy (non-hydrogen) atoms. The Bertz CT molecular complexity index is 760. The summed E-state index contributed by atoms with van der Waals surface area (Å²) < 4.78 is 22.5. The molecule has 0 radical (unpaired) electrons. The minimum absolute atomic E-state index is 0.157. The van der Waals surface area contributed by atoms with Gasteiger partial charge in [0.15, 0.2) is 0 Å². The summed E-state index contributed by atoms with van der Waals surface area (Å²) in [5, 5.41) is 17.1. The molecule has 0 saturated heterocycles. The number of anilines is 1. The van der Waals surface area contributed by atoms with Gasteiger partial charge in [0.05, 0.1) is 10.5 Å². The van der Waals surface area contributed by atoms with Crippen molar-refractivity contribution in [2.45, 2.75) is 11.4 Å². The number of nitrogens with zero attached hydrogens (tertiary/aromatic N) is 1. The minimum atomic E-state index is -3.94. The molecule has 2 aromatic rings. The number of rotatable bonds is 5. The van der Waals surface area contributed by atoms with Crippen LogP contribution in [0.25, 0.3) is 0 Å². The maximum atomic E-state index is 11.3. The molecule has 1 aromatic carbocycles. The van der Waals surface area contributed by atoms with Crippen LogP contribution in [0.5, 0.6) is 0 Å². The lowest BCUT2D eigenvalue weighted by atomic mass is 10.1. The van der Waals surface area contributed by atoms with Gasteiger partial charge in [-0.05, 0) is 35.9 Å². The quantitative estimate of drug-likeness (QED) is 0.758. The smallest absolute Gasteiger partial charge is 0.337 e. The van der Waals surface area contributed by atoms with Gasteiger partial charge < -0.3 is 10.4 Å². The summed E-state index contributed by atoms with van der Waals surface area (Å²) in [4.78, 5) is 14.9. The number of nitrogens with two attached hydrogens (primary N) is 1. The zero-order valence-electron chi connectivity index (χ0n) is 10.9. The third-order valence-electron chi connectivity index (χ3n) is 2.78. The Kier molecular flexibility index (Phi) is 4.20. The molecule has 0 spiro atoms. The molecule has 2 rings (SSSR count). The molecule has 0 fully saturated rings. The van der Waals surface area contributed by atoms with E-state index in [2.05, 4.69) is 10.3 Å². The van der Waals surface area contributed by atoms with Crippen LogP contribution in [-0.2, 0) is 16.6 Å². The summed E-state index contributed by atoms with van der Waals surface area (Å²) in [6.07, 6.45) is 3.25. The van der Waals surface area contributed by atoms with E-state index in [0.717, 1.165) is 11.6 Å². The standard InChI is InChI=1S/C13H13N3O4S/c14-21(19,20)10-1-2-12(11(7-10)13(17)18)16-8-9-3-5-15-6-4-9/h1-7,16H,8H2,(H,17,18)(H2,14,19,20). The fourth-order valence-electron chi connectivity index (χ4n) is 1.73. The highest BCUT2D eigenvalue weighted by Crippen LogP contribution is 2.20. The van der Waals surface area contributed by atoms with Crippen LogP contribution in [0.4, 0.5) is 5.69 Å². The number of hydrogen-bond donors (Lipinski definition) is 3. The fourth-order valence-corrected chi connectivity index (χ4v) is 2.27. The number of carboxylic acids is 1. The first-order valence-corrected chi connectivity index (χ1v) is 7.45. The number of benzene rings is 1. The van der Waals surface area contributed by atoms with Crippen molar-refractivity contribution in [1.82, 2.24) is 4.98 Å². The van der Waals surface area contributed by atoms with Crippen molar-refractivity contribution in [2.24, 2.45) is 5.14 Å². The predicted molar refractivity (Wildman–Crippen MR) is 76.3 cm³/mol. The number of pyridine rings is 1. The molecule has 0 aliphatic rings. The van der Waals surface area contributed by atoms with Gasteiger partial charge >= 0.3 is 5.97 Å². The summed E-state index contributed by atoms with van der Waals surface area (Å²) in [6.45, 7) is 0.386. The molecule has 0 aliphatic carbocycles. The lowest BCUT2D eigenvalue weighted by Gasteiger charge is -2.10. The third-order valence-corrected chi connectivity index (χ3v) is 3.69. The molecule has 110 valence electrons. The topological polar surface area (TPSA) is 122 Å².